The van der Waals surface area contributed by atoms with Gasteiger partial charge >= 0.3 is 0 Å². The van der Waals surface area contributed by atoms with Crippen molar-refractivity contribution in [2.24, 2.45) is 0 Å². The summed E-state index contributed by atoms with van der Waals surface area (Å²) >= 11 is 0. The molecule has 0 bridgehead atoms. The summed E-state index contributed by atoms with van der Waals surface area (Å²) in [5.74, 6) is 0. The Morgan fingerprint density at radius 3 is 2.04 bits per heavy atom. The van der Waals surface area contributed by atoms with E-state index in [-0.39, 0.29) is 12.6 Å². The van der Waals surface area contributed by atoms with E-state index in [0.717, 1.165) is 26.2 Å². The molecule has 23 heavy (non-hydrogen) atoms. The Labute approximate surface area is 136 Å². The van der Waals surface area contributed by atoms with Crippen molar-refractivity contribution in [3.8, 4) is 0 Å². The normalized spacial score (nSPS) is 17.6. The van der Waals surface area contributed by atoms with Gasteiger partial charge in [0.15, 0.2) is 0 Å². The van der Waals surface area contributed by atoms with E-state index in [1.165, 1.54) is 27.1 Å². The van der Waals surface area contributed by atoms with Gasteiger partial charge in [-0.15, -0.1) is 0 Å². The van der Waals surface area contributed by atoms with Crippen LogP contribution in [-0.4, -0.2) is 42.8 Å². The lowest BCUT2D eigenvalue weighted by atomic mass is 9.91. The van der Waals surface area contributed by atoms with Crippen molar-refractivity contribution < 1.29 is 5.11 Å². The fourth-order valence-corrected chi connectivity index (χ4v) is 3.79. The Bertz CT molecular complexity index is 770. The van der Waals surface area contributed by atoms with Crippen LogP contribution in [0.25, 0.3) is 21.5 Å². The lowest BCUT2D eigenvalue weighted by Crippen LogP contribution is -2.46. The molecule has 0 radical (unpaired) electrons. The van der Waals surface area contributed by atoms with E-state index >= 15 is 0 Å². The first-order chi connectivity index (χ1) is 11.4. The lowest BCUT2D eigenvalue weighted by molar-refractivity contribution is 0.112. The average molecular weight is 306 g/mol. The summed E-state index contributed by atoms with van der Waals surface area (Å²) in [5.41, 5.74) is 1.27. The molecule has 3 heteroatoms. The summed E-state index contributed by atoms with van der Waals surface area (Å²) in [6, 6.07) is 19.3. The van der Waals surface area contributed by atoms with Gasteiger partial charge in [0.25, 0.3) is 0 Å². The molecule has 0 aromatic heterocycles. The number of piperazine rings is 1. The van der Waals surface area contributed by atoms with E-state index in [2.05, 4.69) is 64.8 Å². The molecule has 3 aromatic rings. The minimum atomic E-state index is 0.0492. The highest BCUT2D eigenvalue weighted by atomic mass is 16.3. The van der Waals surface area contributed by atoms with Gasteiger partial charge in [-0.1, -0.05) is 48.5 Å². The third kappa shape index (κ3) is 2.61. The fourth-order valence-electron chi connectivity index (χ4n) is 3.79. The second-order valence-corrected chi connectivity index (χ2v) is 6.22. The third-order valence-corrected chi connectivity index (χ3v) is 4.91. The van der Waals surface area contributed by atoms with Crippen LogP contribution in [0.1, 0.15) is 11.6 Å². The largest absolute Gasteiger partial charge is 0.394 e. The first-order valence-electron chi connectivity index (χ1n) is 8.34. The number of nitrogens with one attached hydrogen (secondary N) is 1. The molecular weight excluding hydrogens is 284 g/mol. The van der Waals surface area contributed by atoms with Crippen molar-refractivity contribution in [3.63, 3.8) is 0 Å². The van der Waals surface area contributed by atoms with Gasteiger partial charge in [0.1, 0.15) is 0 Å². The maximum absolute atomic E-state index is 10.2. The van der Waals surface area contributed by atoms with Crippen LogP contribution >= 0.6 is 0 Å². The van der Waals surface area contributed by atoms with Crippen molar-refractivity contribution in [3.05, 3.63) is 60.2 Å². The van der Waals surface area contributed by atoms with Crippen molar-refractivity contribution in [1.29, 1.82) is 0 Å². The molecule has 3 aromatic carbocycles. The zero-order valence-electron chi connectivity index (χ0n) is 13.2. The van der Waals surface area contributed by atoms with E-state index in [1.54, 1.807) is 0 Å². The summed E-state index contributed by atoms with van der Waals surface area (Å²) in [6.07, 6.45) is 0. The first-order valence-corrected chi connectivity index (χ1v) is 8.34. The summed E-state index contributed by atoms with van der Waals surface area (Å²) in [6.45, 7) is 4.07. The van der Waals surface area contributed by atoms with Crippen LogP contribution in [0.3, 0.4) is 0 Å². The SMILES string of the molecule is OC[C@@H](c1c2ccccc2cc2ccccc12)N1CCNCC1. The van der Waals surface area contributed by atoms with Gasteiger partial charge < -0.3 is 10.4 Å². The van der Waals surface area contributed by atoms with Crippen molar-refractivity contribution >= 4 is 21.5 Å². The number of fused-ring (bicyclic) bond motifs is 2. The van der Waals surface area contributed by atoms with Crippen LogP contribution in [0.15, 0.2) is 54.6 Å². The Balaban J connectivity index is 1.97. The van der Waals surface area contributed by atoms with E-state index in [9.17, 15) is 5.11 Å². The van der Waals surface area contributed by atoms with Crippen molar-refractivity contribution in [2.75, 3.05) is 32.8 Å². The maximum atomic E-state index is 10.2. The number of nitrogens with zero attached hydrogens (tertiary/aromatic N) is 1. The molecule has 0 aliphatic carbocycles. The quantitative estimate of drug-likeness (QED) is 0.730. The smallest absolute Gasteiger partial charge is 0.0629 e. The predicted octanol–water partition coefficient (Wildman–Crippen LogP) is 2.93. The molecule has 1 saturated heterocycles. The number of aliphatic hydroxyl groups excluding tert-OH is 1. The standard InChI is InChI=1S/C20H22N2O/c23-14-19(22-11-9-21-10-12-22)20-17-7-3-1-5-15(17)13-16-6-2-4-8-18(16)20/h1-8,13,19,21,23H,9-12,14H2/t19-/m0/s1. The molecule has 2 N–H and O–H groups in total. The van der Waals surface area contributed by atoms with Crippen LogP contribution in [0.5, 0.6) is 0 Å². The second kappa shape index (κ2) is 6.28. The van der Waals surface area contributed by atoms with Gasteiger partial charge in [-0.05, 0) is 33.2 Å². The van der Waals surface area contributed by atoms with Gasteiger partial charge in [0, 0.05) is 26.2 Å². The molecular formula is C20H22N2O. The van der Waals surface area contributed by atoms with Gasteiger partial charge in [0.05, 0.1) is 12.6 Å². The van der Waals surface area contributed by atoms with Gasteiger partial charge in [-0.3, -0.25) is 4.90 Å². The van der Waals surface area contributed by atoms with Gasteiger partial charge in [0.2, 0.25) is 0 Å². The highest BCUT2D eigenvalue weighted by Crippen LogP contribution is 2.35. The molecule has 1 heterocycles. The molecule has 0 spiro atoms. The van der Waals surface area contributed by atoms with E-state index in [1.807, 2.05) is 0 Å². The number of benzene rings is 3. The summed E-state index contributed by atoms with van der Waals surface area (Å²) in [5, 5.41) is 18.6. The predicted molar refractivity (Wildman–Crippen MR) is 95.7 cm³/mol. The van der Waals surface area contributed by atoms with Gasteiger partial charge in [-0.25, -0.2) is 0 Å². The number of hydrogen-bond donors (Lipinski definition) is 2. The van der Waals surface area contributed by atoms with E-state index in [4.69, 9.17) is 0 Å². The minimum absolute atomic E-state index is 0.0492. The minimum Gasteiger partial charge on any atom is -0.394 e. The number of hydrogen-bond acceptors (Lipinski definition) is 3. The zero-order valence-corrected chi connectivity index (χ0v) is 13.2. The molecule has 0 saturated carbocycles. The number of aliphatic hydroxyl groups is 1. The fraction of sp³-hybridized carbons (Fsp3) is 0.300. The first kappa shape index (κ1) is 14.6. The summed E-state index contributed by atoms with van der Waals surface area (Å²) in [7, 11) is 0. The molecule has 3 nitrogen and oxygen atoms in total. The molecule has 0 unspecified atom stereocenters. The molecule has 0 amide bonds. The Morgan fingerprint density at radius 1 is 0.913 bits per heavy atom. The molecule has 1 aliphatic heterocycles. The van der Waals surface area contributed by atoms with Crippen molar-refractivity contribution in [2.45, 2.75) is 6.04 Å². The zero-order chi connectivity index (χ0) is 15.6. The van der Waals surface area contributed by atoms with E-state index < -0.39 is 0 Å². The number of rotatable bonds is 3. The molecule has 4 rings (SSSR count). The van der Waals surface area contributed by atoms with Crippen LogP contribution in [-0.2, 0) is 0 Å². The van der Waals surface area contributed by atoms with E-state index in [0.29, 0.717) is 0 Å². The molecule has 1 fully saturated rings. The summed E-state index contributed by atoms with van der Waals surface area (Å²) < 4.78 is 0. The highest BCUT2D eigenvalue weighted by molar-refractivity contribution is 6.02. The maximum Gasteiger partial charge on any atom is 0.0629 e. The van der Waals surface area contributed by atoms with Crippen LogP contribution in [0.2, 0.25) is 0 Å². The average Bonchev–Trinajstić information content (AvgIpc) is 2.62. The van der Waals surface area contributed by atoms with Crippen LogP contribution in [0, 0.1) is 0 Å². The molecule has 118 valence electrons. The Hall–Kier alpha value is -1.94. The van der Waals surface area contributed by atoms with Crippen molar-refractivity contribution in [1.82, 2.24) is 10.2 Å². The Morgan fingerprint density at radius 2 is 1.48 bits per heavy atom. The van der Waals surface area contributed by atoms with Gasteiger partial charge in [-0.2, -0.15) is 0 Å². The second-order valence-electron chi connectivity index (χ2n) is 6.22. The monoisotopic (exact) mass is 306 g/mol. The highest BCUT2D eigenvalue weighted by Gasteiger charge is 2.24. The lowest BCUT2D eigenvalue weighted by Gasteiger charge is -2.35. The van der Waals surface area contributed by atoms with Crippen LogP contribution in [0.4, 0.5) is 0 Å². The molecule has 1 atom stereocenters. The Kier molecular flexibility index (Phi) is 4.00. The molecule has 1 aliphatic rings. The third-order valence-electron chi connectivity index (χ3n) is 4.91. The topological polar surface area (TPSA) is 35.5 Å². The summed E-state index contributed by atoms with van der Waals surface area (Å²) in [4.78, 5) is 2.41. The van der Waals surface area contributed by atoms with Crippen LogP contribution < -0.4 is 5.32 Å².